The average molecular weight is 355 g/mol. The van der Waals surface area contributed by atoms with E-state index in [9.17, 15) is 14.0 Å². The van der Waals surface area contributed by atoms with E-state index in [-0.39, 0.29) is 11.5 Å². The smallest absolute Gasteiger partial charge is 0.258 e. The first kappa shape index (κ1) is 18.1. The normalized spacial score (nSPS) is 14.6. The Morgan fingerprint density at radius 1 is 1.04 bits per heavy atom. The molecule has 1 aliphatic heterocycles. The van der Waals surface area contributed by atoms with Crippen LogP contribution in [-0.2, 0) is 0 Å². The van der Waals surface area contributed by atoms with Crippen molar-refractivity contribution >= 4 is 17.5 Å². The number of aryl methyl sites for hydroxylation is 1. The molecule has 1 heterocycles. The van der Waals surface area contributed by atoms with E-state index in [0.717, 1.165) is 25.1 Å². The minimum absolute atomic E-state index is 0.0480. The van der Waals surface area contributed by atoms with Crippen molar-refractivity contribution in [2.45, 2.75) is 13.3 Å². The lowest BCUT2D eigenvalue weighted by Crippen LogP contribution is -2.35. The molecule has 1 aliphatic rings. The summed E-state index contributed by atoms with van der Waals surface area (Å²) in [4.78, 5) is 27.3. The summed E-state index contributed by atoms with van der Waals surface area (Å²) in [5.74, 6) is -1.28. The maximum absolute atomic E-state index is 13.9. The Kier molecular flexibility index (Phi) is 5.63. The van der Waals surface area contributed by atoms with Crippen LogP contribution in [0.2, 0.25) is 0 Å². The van der Waals surface area contributed by atoms with Gasteiger partial charge in [-0.1, -0.05) is 24.3 Å². The van der Waals surface area contributed by atoms with Crippen LogP contribution in [0.1, 0.15) is 32.7 Å². The van der Waals surface area contributed by atoms with Crippen LogP contribution in [0.15, 0.2) is 42.5 Å². The second-order valence-corrected chi connectivity index (χ2v) is 6.33. The van der Waals surface area contributed by atoms with Crippen molar-refractivity contribution in [3.05, 3.63) is 65.0 Å². The molecule has 2 aromatic carbocycles. The van der Waals surface area contributed by atoms with Gasteiger partial charge in [0.15, 0.2) is 0 Å². The Balaban J connectivity index is 1.89. The Labute approximate surface area is 152 Å². The maximum atomic E-state index is 13.9. The number of amides is 2. The number of halogens is 1. The van der Waals surface area contributed by atoms with Gasteiger partial charge in [-0.15, -0.1) is 0 Å². The summed E-state index contributed by atoms with van der Waals surface area (Å²) in [5, 5.41) is 5.99. The van der Waals surface area contributed by atoms with Crippen LogP contribution >= 0.6 is 0 Å². The topological polar surface area (TPSA) is 61.4 Å². The minimum Gasteiger partial charge on any atom is -0.337 e. The zero-order chi connectivity index (χ0) is 18.5. The fourth-order valence-electron chi connectivity index (χ4n) is 3.06. The van der Waals surface area contributed by atoms with E-state index in [2.05, 4.69) is 10.6 Å². The summed E-state index contributed by atoms with van der Waals surface area (Å²) >= 11 is 0. The van der Waals surface area contributed by atoms with Crippen molar-refractivity contribution in [2.24, 2.45) is 0 Å². The van der Waals surface area contributed by atoms with Gasteiger partial charge in [-0.05, 0) is 43.7 Å². The van der Waals surface area contributed by atoms with Gasteiger partial charge in [0.2, 0.25) is 0 Å². The number of hydrogen-bond donors (Lipinski definition) is 2. The molecule has 6 heteroatoms. The van der Waals surface area contributed by atoms with Crippen LogP contribution < -0.4 is 10.6 Å². The number of benzene rings is 2. The van der Waals surface area contributed by atoms with Crippen molar-refractivity contribution in [3.8, 4) is 0 Å². The van der Waals surface area contributed by atoms with E-state index in [1.54, 1.807) is 23.1 Å². The molecule has 1 fully saturated rings. The number of nitrogens with zero attached hydrogens (tertiary/aromatic N) is 1. The average Bonchev–Trinajstić information content (AvgIpc) is 2.92. The van der Waals surface area contributed by atoms with Crippen molar-refractivity contribution in [1.82, 2.24) is 10.2 Å². The molecule has 2 amide bonds. The van der Waals surface area contributed by atoms with Gasteiger partial charge in [-0.25, -0.2) is 4.39 Å². The molecule has 0 aliphatic carbocycles. The molecule has 1 saturated heterocycles. The van der Waals surface area contributed by atoms with Crippen molar-refractivity contribution in [3.63, 3.8) is 0 Å². The number of hydrogen-bond acceptors (Lipinski definition) is 3. The summed E-state index contributed by atoms with van der Waals surface area (Å²) in [7, 11) is 0. The number of anilines is 1. The largest absolute Gasteiger partial charge is 0.337 e. The first-order chi connectivity index (χ1) is 12.6. The quantitative estimate of drug-likeness (QED) is 0.890. The number of para-hydroxylation sites is 1. The van der Waals surface area contributed by atoms with Gasteiger partial charge in [0.25, 0.3) is 11.8 Å². The van der Waals surface area contributed by atoms with E-state index in [0.29, 0.717) is 24.3 Å². The molecule has 0 spiro atoms. The SMILES string of the molecule is Cc1cccc(C(=O)N2CCCNCC2)c1NC(=O)c1ccccc1F. The molecule has 0 radical (unpaired) electrons. The molecule has 0 bridgehead atoms. The third kappa shape index (κ3) is 3.91. The Bertz CT molecular complexity index is 814. The van der Waals surface area contributed by atoms with Crippen LogP contribution in [0.25, 0.3) is 0 Å². The van der Waals surface area contributed by atoms with Crippen LogP contribution in [0.5, 0.6) is 0 Å². The monoisotopic (exact) mass is 355 g/mol. The van der Waals surface area contributed by atoms with Gasteiger partial charge in [0.05, 0.1) is 16.8 Å². The molecular weight excluding hydrogens is 333 g/mol. The molecule has 0 aromatic heterocycles. The van der Waals surface area contributed by atoms with E-state index in [1.165, 1.54) is 18.2 Å². The predicted octanol–water partition coefficient (Wildman–Crippen LogP) is 2.82. The first-order valence-corrected chi connectivity index (χ1v) is 8.73. The summed E-state index contributed by atoms with van der Waals surface area (Å²) in [6.45, 7) is 4.73. The molecule has 2 N–H and O–H groups in total. The Morgan fingerprint density at radius 2 is 1.81 bits per heavy atom. The standard InChI is InChI=1S/C20H22FN3O2/c1-14-6-4-8-16(20(26)24-12-5-10-22-11-13-24)18(14)23-19(25)15-7-2-3-9-17(15)21/h2-4,6-9,22H,5,10-13H2,1H3,(H,23,25). The van der Waals surface area contributed by atoms with E-state index in [4.69, 9.17) is 0 Å². The van der Waals surface area contributed by atoms with Gasteiger partial charge < -0.3 is 15.5 Å². The lowest BCUT2D eigenvalue weighted by atomic mass is 10.1. The second kappa shape index (κ2) is 8.10. The Morgan fingerprint density at radius 3 is 2.62 bits per heavy atom. The van der Waals surface area contributed by atoms with E-state index >= 15 is 0 Å². The molecule has 3 rings (SSSR count). The minimum atomic E-state index is -0.593. The van der Waals surface area contributed by atoms with E-state index in [1.807, 2.05) is 13.0 Å². The molecular formula is C20H22FN3O2. The predicted molar refractivity (Wildman–Crippen MR) is 98.9 cm³/mol. The number of carbonyl (C=O) groups excluding carboxylic acids is 2. The molecule has 0 saturated carbocycles. The van der Waals surface area contributed by atoms with Crippen LogP contribution in [0, 0.1) is 12.7 Å². The first-order valence-electron chi connectivity index (χ1n) is 8.73. The summed E-state index contributed by atoms with van der Waals surface area (Å²) < 4.78 is 13.9. The highest BCUT2D eigenvalue weighted by Gasteiger charge is 2.22. The van der Waals surface area contributed by atoms with Gasteiger partial charge in [-0.2, -0.15) is 0 Å². The van der Waals surface area contributed by atoms with Crippen LogP contribution in [-0.4, -0.2) is 42.9 Å². The van der Waals surface area contributed by atoms with Crippen molar-refractivity contribution in [2.75, 3.05) is 31.5 Å². The van der Waals surface area contributed by atoms with Crippen LogP contribution in [0.3, 0.4) is 0 Å². The summed E-state index contributed by atoms with van der Waals surface area (Å²) in [6.07, 6.45) is 0.883. The highest BCUT2D eigenvalue weighted by molar-refractivity contribution is 6.09. The summed E-state index contributed by atoms with van der Waals surface area (Å²) in [5.41, 5.74) is 1.57. The van der Waals surface area contributed by atoms with Gasteiger partial charge in [0.1, 0.15) is 5.82 Å². The second-order valence-electron chi connectivity index (χ2n) is 6.33. The van der Waals surface area contributed by atoms with Gasteiger partial charge in [-0.3, -0.25) is 9.59 Å². The molecule has 2 aromatic rings. The zero-order valence-corrected chi connectivity index (χ0v) is 14.7. The lowest BCUT2D eigenvalue weighted by Gasteiger charge is -2.22. The molecule has 5 nitrogen and oxygen atoms in total. The zero-order valence-electron chi connectivity index (χ0n) is 14.7. The van der Waals surface area contributed by atoms with Gasteiger partial charge >= 0.3 is 0 Å². The molecule has 136 valence electrons. The third-order valence-corrected chi connectivity index (χ3v) is 4.49. The maximum Gasteiger partial charge on any atom is 0.258 e. The summed E-state index contributed by atoms with van der Waals surface area (Å²) in [6, 6.07) is 11.1. The third-order valence-electron chi connectivity index (χ3n) is 4.49. The van der Waals surface area contributed by atoms with E-state index < -0.39 is 11.7 Å². The fraction of sp³-hybridized carbons (Fsp3) is 0.300. The number of nitrogens with one attached hydrogen (secondary N) is 2. The van der Waals surface area contributed by atoms with Crippen molar-refractivity contribution < 1.29 is 14.0 Å². The molecule has 26 heavy (non-hydrogen) atoms. The number of rotatable bonds is 3. The lowest BCUT2D eigenvalue weighted by molar-refractivity contribution is 0.0767. The molecule has 0 atom stereocenters. The van der Waals surface area contributed by atoms with Crippen LogP contribution in [0.4, 0.5) is 10.1 Å². The Hall–Kier alpha value is -2.73. The number of carbonyl (C=O) groups is 2. The fourth-order valence-corrected chi connectivity index (χ4v) is 3.06. The highest BCUT2D eigenvalue weighted by Crippen LogP contribution is 2.24. The highest BCUT2D eigenvalue weighted by atomic mass is 19.1. The van der Waals surface area contributed by atoms with Gasteiger partial charge in [0, 0.05) is 19.6 Å². The van der Waals surface area contributed by atoms with Crippen molar-refractivity contribution in [1.29, 1.82) is 0 Å². The molecule has 0 unspecified atom stereocenters.